The van der Waals surface area contributed by atoms with Gasteiger partial charge >= 0.3 is 0 Å². The van der Waals surface area contributed by atoms with E-state index in [9.17, 15) is 22.4 Å². The highest BCUT2D eigenvalue weighted by molar-refractivity contribution is 7.92. The van der Waals surface area contributed by atoms with Crippen molar-refractivity contribution in [1.29, 1.82) is 0 Å². The molecule has 3 rings (SSSR count). The molecule has 40 heavy (non-hydrogen) atoms. The zero-order chi connectivity index (χ0) is 29.4. The number of nitrogens with zero attached hydrogens (tertiary/aromatic N) is 2. The molecule has 0 unspecified atom stereocenters. The second kappa shape index (κ2) is 13.6. The quantitative estimate of drug-likeness (QED) is 0.319. The van der Waals surface area contributed by atoms with Crippen LogP contribution in [0.25, 0.3) is 0 Å². The van der Waals surface area contributed by atoms with E-state index in [-0.39, 0.29) is 23.4 Å². The average molecular weight is 568 g/mol. The smallest absolute Gasteiger partial charge is 0.264 e. The van der Waals surface area contributed by atoms with Gasteiger partial charge in [-0.25, -0.2) is 12.8 Å². The number of halogens is 1. The lowest BCUT2D eigenvalue weighted by molar-refractivity contribution is -0.140. The molecule has 214 valence electrons. The number of hydrogen-bond acceptors (Lipinski definition) is 4. The van der Waals surface area contributed by atoms with Gasteiger partial charge in [0.2, 0.25) is 11.8 Å². The van der Waals surface area contributed by atoms with Crippen molar-refractivity contribution < 1.29 is 22.4 Å². The number of sulfonamides is 1. The molecule has 0 heterocycles. The van der Waals surface area contributed by atoms with E-state index in [1.165, 1.54) is 29.2 Å². The van der Waals surface area contributed by atoms with Gasteiger partial charge in [0.15, 0.2) is 0 Å². The Morgan fingerprint density at radius 3 is 2.17 bits per heavy atom. The molecular formula is C31H38FN3O4S. The molecule has 3 aromatic rings. The number of carbonyl (C=O) groups is 2. The van der Waals surface area contributed by atoms with Gasteiger partial charge in [-0.2, -0.15) is 0 Å². The van der Waals surface area contributed by atoms with E-state index in [4.69, 9.17) is 0 Å². The number of amides is 2. The number of aryl methyl sites for hydroxylation is 2. The van der Waals surface area contributed by atoms with Crippen LogP contribution in [0.5, 0.6) is 0 Å². The molecule has 1 N–H and O–H groups in total. The van der Waals surface area contributed by atoms with Crippen LogP contribution in [0, 0.1) is 19.7 Å². The number of rotatable bonds is 12. The van der Waals surface area contributed by atoms with Crippen LogP contribution in [0.4, 0.5) is 10.1 Å². The maximum absolute atomic E-state index is 14.1. The van der Waals surface area contributed by atoms with Crippen molar-refractivity contribution in [1.82, 2.24) is 10.2 Å². The third-order valence-electron chi connectivity index (χ3n) is 6.90. The Hall–Kier alpha value is -3.72. The topological polar surface area (TPSA) is 86.8 Å². The molecule has 2 amide bonds. The van der Waals surface area contributed by atoms with Crippen molar-refractivity contribution in [3.63, 3.8) is 0 Å². The number of nitrogens with one attached hydrogen (secondary N) is 1. The maximum atomic E-state index is 14.1. The summed E-state index contributed by atoms with van der Waals surface area (Å²) in [5.74, 6) is -1.29. The largest absolute Gasteiger partial charge is 0.352 e. The van der Waals surface area contributed by atoms with Crippen molar-refractivity contribution in [3.8, 4) is 0 Å². The molecule has 0 bridgehead atoms. The van der Waals surface area contributed by atoms with Gasteiger partial charge in [0.1, 0.15) is 18.4 Å². The fraction of sp³-hybridized carbons (Fsp3) is 0.355. The van der Waals surface area contributed by atoms with Gasteiger partial charge in [-0.15, -0.1) is 0 Å². The van der Waals surface area contributed by atoms with Crippen molar-refractivity contribution in [2.45, 2.75) is 71.0 Å². The van der Waals surface area contributed by atoms with E-state index >= 15 is 0 Å². The Morgan fingerprint density at radius 2 is 1.57 bits per heavy atom. The zero-order valence-electron chi connectivity index (χ0n) is 23.7. The first-order valence-corrected chi connectivity index (χ1v) is 14.9. The van der Waals surface area contributed by atoms with Crippen LogP contribution in [0.3, 0.4) is 0 Å². The molecular weight excluding hydrogens is 529 g/mol. The van der Waals surface area contributed by atoms with Crippen LogP contribution in [0.1, 0.15) is 50.3 Å². The minimum absolute atomic E-state index is 0.0115. The first kappa shape index (κ1) is 30.8. The van der Waals surface area contributed by atoms with Gasteiger partial charge in [-0.05, 0) is 80.6 Å². The zero-order valence-corrected chi connectivity index (χ0v) is 24.5. The van der Waals surface area contributed by atoms with E-state index in [0.717, 1.165) is 9.87 Å². The second-order valence-electron chi connectivity index (χ2n) is 10.0. The van der Waals surface area contributed by atoms with E-state index in [1.54, 1.807) is 50.2 Å². The summed E-state index contributed by atoms with van der Waals surface area (Å²) in [5, 5.41) is 2.94. The summed E-state index contributed by atoms with van der Waals surface area (Å²) in [6.07, 6.45) is 1.02. The molecule has 2 atom stereocenters. The molecule has 3 aromatic carbocycles. The molecule has 0 fully saturated rings. The third-order valence-corrected chi connectivity index (χ3v) is 8.67. The number of carbonyl (C=O) groups excluding carboxylic acids is 2. The summed E-state index contributed by atoms with van der Waals surface area (Å²) >= 11 is 0. The Kier molecular flexibility index (Phi) is 10.5. The molecule has 0 radical (unpaired) electrons. The predicted molar refractivity (Wildman–Crippen MR) is 156 cm³/mol. The van der Waals surface area contributed by atoms with Gasteiger partial charge in [0.25, 0.3) is 10.0 Å². The first-order chi connectivity index (χ1) is 19.0. The summed E-state index contributed by atoms with van der Waals surface area (Å²) < 4.78 is 42.6. The normalized spacial score (nSPS) is 12.8. The second-order valence-corrected chi connectivity index (χ2v) is 11.9. The monoisotopic (exact) mass is 567 g/mol. The molecule has 0 aliphatic heterocycles. The SMILES string of the molecule is CC[C@@H](C)NC(=O)[C@@H](CC)N(Cc1ccc(F)cc1)C(=O)CN(c1cc(C)ccc1C)S(=O)(=O)c1ccccc1. The van der Waals surface area contributed by atoms with Gasteiger partial charge in [0.05, 0.1) is 10.6 Å². The molecule has 0 saturated heterocycles. The van der Waals surface area contributed by atoms with E-state index < -0.39 is 34.3 Å². The Balaban J connectivity index is 2.08. The van der Waals surface area contributed by atoms with Crippen LogP contribution < -0.4 is 9.62 Å². The lowest BCUT2D eigenvalue weighted by Gasteiger charge is -2.34. The van der Waals surface area contributed by atoms with Crippen molar-refractivity contribution in [3.05, 3.63) is 95.3 Å². The van der Waals surface area contributed by atoms with Crippen molar-refractivity contribution >= 4 is 27.5 Å². The van der Waals surface area contributed by atoms with Crippen molar-refractivity contribution in [2.24, 2.45) is 0 Å². The summed E-state index contributed by atoms with van der Waals surface area (Å²) in [6, 6.07) is 18.1. The molecule has 9 heteroatoms. The van der Waals surface area contributed by atoms with Gasteiger partial charge < -0.3 is 10.2 Å². The standard InChI is InChI=1S/C31H38FN3O4S/c1-6-24(5)33-31(37)28(7-2)34(20-25-15-17-26(32)18-16-25)30(36)21-35(29-19-22(3)13-14-23(29)4)40(38,39)27-11-9-8-10-12-27/h8-19,24,28H,6-7,20-21H2,1-5H3,(H,33,37)/t24-,28-/m1/s1. The van der Waals surface area contributed by atoms with E-state index in [0.29, 0.717) is 29.7 Å². The highest BCUT2D eigenvalue weighted by atomic mass is 32.2. The molecule has 0 saturated carbocycles. The minimum atomic E-state index is -4.14. The van der Waals surface area contributed by atoms with Crippen LogP contribution in [-0.2, 0) is 26.2 Å². The van der Waals surface area contributed by atoms with Gasteiger partial charge in [-0.1, -0.05) is 56.3 Å². The lowest BCUT2D eigenvalue weighted by atomic mass is 10.1. The fourth-order valence-corrected chi connectivity index (χ4v) is 5.86. The van der Waals surface area contributed by atoms with Crippen LogP contribution in [-0.4, -0.2) is 43.8 Å². The van der Waals surface area contributed by atoms with Crippen LogP contribution in [0.15, 0.2) is 77.7 Å². The van der Waals surface area contributed by atoms with E-state index in [2.05, 4.69) is 5.32 Å². The summed E-state index contributed by atoms with van der Waals surface area (Å²) in [6.45, 7) is 8.76. The predicted octanol–water partition coefficient (Wildman–Crippen LogP) is 5.36. The maximum Gasteiger partial charge on any atom is 0.264 e. The fourth-order valence-electron chi connectivity index (χ4n) is 4.37. The average Bonchev–Trinajstić information content (AvgIpc) is 2.94. The molecule has 0 aliphatic rings. The lowest BCUT2D eigenvalue weighted by Crippen LogP contribution is -2.53. The molecule has 7 nitrogen and oxygen atoms in total. The highest BCUT2D eigenvalue weighted by Crippen LogP contribution is 2.28. The summed E-state index contributed by atoms with van der Waals surface area (Å²) in [5.41, 5.74) is 2.53. The highest BCUT2D eigenvalue weighted by Gasteiger charge is 2.34. The number of hydrogen-bond donors (Lipinski definition) is 1. The first-order valence-electron chi connectivity index (χ1n) is 13.5. The van der Waals surface area contributed by atoms with E-state index in [1.807, 2.05) is 32.9 Å². The molecule has 0 aliphatic carbocycles. The Labute approximate surface area is 237 Å². The summed E-state index contributed by atoms with van der Waals surface area (Å²) in [7, 11) is -4.14. The molecule has 0 spiro atoms. The third kappa shape index (κ3) is 7.47. The summed E-state index contributed by atoms with van der Waals surface area (Å²) in [4.78, 5) is 28.9. The Morgan fingerprint density at radius 1 is 0.925 bits per heavy atom. The van der Waals surface area contributed by atoms with Gasteiger partial charge in [-0.3, -0.25) is 13.9 Å². The Bertz CT molecular complexity index is 1410. The minimum Gasteiger partial charge on any atom is -0.352 e. The van der Waals surface area contributed by atoms with Crippen LogP contribution in [0.2, 0.25) is 0 Å². The van der Waals surface area contributed by atoms with Gasteiger partial charge in [0, 0.05) is 12.6 Å². The number of anilines is 1. The molecule has 0 aromatic heterocycles. The van der Waals surface area contributed by atoms with Crippen molar-refractivity contribution in [2.75, 3.05) is 10.8 Å². The number of benzene rings is 3. The van der Waals surface area contributed by atoms with Crippen LogP contribution >= 0.6 is 0 Å².